The Bertz CT molecular complexity index is 1410. The third-order valence-corrected chi connectivity index (χ3v) is 7.32. The van der Waals surface area contributed by atoms with E-state index in [1.807, 2.05) is 12.3 Å². The van der Waals surface area contributed by atoms with E-state index in [0.717, 1.165) is 49.5 Å². The molecule has 0 atom stereocenters. The molecule has 184 valence electrons. The average Bonchev–Trinajstić information content (AvgIpc) is 3.39. The number of ether oxygens (including phenoxy) is 1. The topological polar surface area (TPSA) is 74.6 Å². The maximum absolute atomic E-state index is 16.1. The highest BCUT2D eigenvalue weighted by atomic mass is 19.1. The van der Waals surface area contributed by atoms with Crippen LogP contribution in [0.15, 0.2) is 24.8 Å². The number of aromatic amines is 1. The molecule has 0 unspecified atom stereocenters. The minimum Gasteiger partial charge on any atom is -0.493 e. The summed E-state index contributed by atoms with van der Waals surface area (Å²) in [5.74, 6) is 1.61. The van der Waals surface area contributed by atoms with Crippen molar-refractivity contribution in [3.63, 3.8) is 0 Å². The molecule has 4 aromatic rings. The summed E-state index contributed by atoms with van der Waals surface area (Å²) in [7, 11) is 1.61. The van der Waals surface area contributed by atoms with Crippen LogP contribution in [0.25, 0.3) is 27.8 Å². The van der Waals surface area contributed by atoms with E-state index >= 15 is 4.39 Å². The number of fused-ring (bicyclic) bond motifs is 2. The van der Waals surface area contributed by atoms with Gasteiger partial charge in [0.05, 0.1) is 24.5 Å². The molecule has 2 saturated heterocycles. The Hall–Kier alpha value is -3.20. The van der Waals surface area contributed by atoms with Gasteiger partial charge in [-0.15, -0.1) is 0 Å². The number of H-pyrrole nitrogens is 1. The Morgan fingerprint density at radius 1 is 1.14 bits per heavy atom. The van der Waals surface area contributed by atoms with E-state index < -0.39 is 0 Å². The van der Waals surface area contributed by atoms with Crippen molar-refractivity contribution in [3.05, 3.63) is 36.2 Å². The molecule has 35 heavy (non-hydrogen) atoms. The van der Waals surface area contributed by atoms with Gasteiger partial charge < -0.3 is 19.5 Å². The molecule has 0 bridgehead atoms. The van der Waals surface area contributed by atoms with Crippen LogP contribution in [-0.4, -0.2) is 69.3 Å². The number of nitrogens with zero attached hydrogens (tertiary/aromatic N) is 6. The summed E-state index contributed by atoms with van der Waals surface area (Å²) in [6.07, 6.45) is 5.16. The maximum Gasteiger partial charge on any atom is 0.197 e. The van der Waals surface area contributed by atoms with E-state index in [9.17, 15) is 0 Å². The molecule has 2 aliphatic heterocycles. The molecular formula is C26H32FN7O. The molecule has 6 heterocycles. The number of likely N-dealkylation sites (tertiary alicyclic amines) is 1. The van der Waals surface area contributed by atoms with Crippen LogP contribution in [0, 0.1) is 17.2 Å². The molecule has 6 rings (SSSR count). The Labute approximate surface area is 204 Å². The fourth-order valence-corrected chi connectivity index (χ4v) is 6.03. The zero-order valence-corrected chi connectivity index (χ0v) is 21.0. The largest absolute Gasteiger partial charge is 0.493 e. The van der Waals surface area contributed by atoms with Crippen LogP contribution in [-0.2, 0) is 0 Å². The van der Waals surface area contributed by atoms with E-state index in [2.05, 4.69) is 57.5 Å². The van der Waals surface area contributed by atoms with E-state index in [4.69, 9.17) is 4.74 Å². The Balaban J connectivity index is 1.36. The van der Waals surface area contributed by atoms with Gasteiger partial charge in [0.15, 0.2) is 23.0 Å². The summed E-state index contributed by atoms with van der Waals surface area (Å²) in [6, 6.07) is 1.92. The Kier molecular flexibility index (Phi) is 5.03. The summed E-state index contributed by atoms with van der Waals surface area (Å²) >= 11 is 0. The SMILES string of the molecule is COc1cc(-c2[nH]c3cnc(N4CC5(CN(CC(C)C)C5)C4)c(F)c3c2C(C)C)cn2ncnc12. The van der Waals surface area contributed by atoms with Gasteiger partial charge in [0.2, 0.25) is 0 Å². The zero-order chi connectivity index (χ0) is 24.5. The molecule has 9 heteroatoms. The number of hydrogen-bond acceptors (Lipinski definition) is 6. The first kappa shape index (κ1) is 22.3. The molecule has 0 aliphatic carbocycles. The Morgan fingerprint density at radius 2 is 1.91 bits per heavy atom. The van der Waals surface area contributed by atoms with E-state index in [0.29, 0.717) is 39.5 Å². The minimum atomic E-state index is -0.240. The van der Waals surface area contributed by atoms with Crippen LogP contribution >= 0.6 is 0 Å². The summed E-state index contributed by atoms with van der Waals surface area (Å²) in [5, 5.41) is 4.90. The quantitative estimate of drug-likeness (QED) is 0.446. The van der Waals surface area contributed by atoms with Crippen molar-refractivity contribution < 1.29 is 9.13 Å². The second-order valence-electron chi connectivity index (χ2n) is 11.0. The predicted molar refractivity (Wildman–Crippen MR) is 135 cm³/mol. The summed E-state index contributed by atoms with van der Waals surface area (Å²) < 4.78 is 23.3. The number of aromatic nitrogens is 5. The number of anilines is 1. The first-order valence-electron chi connectivity index (χ1n) is 12.3. The maximum atomic E-state index is 16.1. The molecule has 0 amide bonds. The van der Waals surface area contributed by atoms with E-state index in [-0.39, 0.29) is 11.7 Å². The molecule has 0 radical (unpaired) electrons. The smallest absolute Gasteiger partial charge is 0.197 e. The van der Waals surface area contributed by atoms with Gasteiger partial charge in [-0.1, -0.05) is 27.7 Å². The van der Waals surface area contributed by atoms with E-state index in [1.165, 1.54) is 6.33 Å². The van der Waals surface area contributed by atoms with Crippen LogP contribution in [0.4, 0.5) is 10.2 Å². The summed E-state index contributed by atoms with van der Waals surface area (Å²) in [5.41, 5.74) is 4.29. The van der Waals surface area contributed by atoms with Gasteiger partial charge in [0.25, 0.3) is 0 Å². The van der Waals surface area contributed by atoms with Gasteiger partial charge in [-0.05, 0) is 23.5 Å². The fraction of sp³-hybridized carbons (Fsp3) is 0.500. The Morgan fingerprint density at radius 3 is 2.60 bits per heavy atom. The first-order valence-corrected chi connectivity index (χ1v) is 12.3. The van der Waals surface area contributed by atoms with Gasteiger partial charge in [-0.25, -0.2) is 18.9 Å². The lowest BCUT2D eigenvalue weighted by atomic mass is 9.72. The van der Waals surface area contributed by atoms with Crippen LogP contribution in [0.2, 0.25) is 0 Å². The molecule has 0 saturated carbocycles. The monoisotopic (exact) mass is 477 g/mol. The standard InChI is InChI=1S/C26H32FN7O/c1-15(2)8-32-10-26(11-32)12-33(13-26)25-22(27)21-18(7-28-25)31-23(20(21)16(3)4)17-6-19(35-5)24-29-14-30-34(24)9-17/h6-7,9,14-16,31H,8,10-13H2,1-5H3. The van der Waals surface area contributed by atoms with Crippen molar-refractivity contribution in [3.8, 4) is 17.0 Å². The van der Waals surface area contributed by atoms with Crippen molar-refractivity contribution in [2.24, 2.45) is 11.3 Å². The molecule has 8 nitrogen and oxygen atoms in total. The third kappa shape index (κ3) is 3.47. The van der Waals surface area contributed by atoms with Crippen LogP contribution < -0.4 is 9.64 Å². The van der Waals surface area contributed by atoms with Crippen molar-refractivity contribution in [1.29, 1.82) is 0 Å². The second kappa shape index (κ2) is 7.91. The number of halogens is 1. The average molecular weight is 478 g/mol. The number of hydrogen-bond donors (Lipinski definition) is 1. The molecule has 1 spiro atoms. The second-order valence-corrected chi connectivity index (χ2v) is 11.0. The van der Waals surface area contributed by atoms with Gasteiger partial charge in [-0.2, -0.15) is 5.10 Å². The predicted octanol–water partition coefficient (Wildman–Crippen LogP) is 4.32. The molecular weight excluding hydrogens is 445 g/mol. The minimum absolute atomic E-state index is 0.0971. The van der Waals surface area contributed by atoms with Crippen molar-refractivity contribution >= 4 is 22.4 Å². The lowest BCUT2D eigenvalue weighted by Gasteiger charge is -2.61. The van der Waals surface area contributed by atoms with Crippen LogP contribution in [0.1, 0.15) is 39.2 Å². The number of pyridine rings is 2. The van der Waals surface area contributed by atoms with Crippen molar-refractivity contribution in [2.75, 3.05) is 44.7 Å². The number of methoxy groups -OCH3 is 1. The van der Waals surface area contributed by atoms with Gasteiger partial charge >= 0.3 is 0 Å². The summed E-state index contributed by atoms with van der Waals surface area (Å²) in [4.78, 5) is 16.9. The van der Waals surface area contributed by atoms with Gasteiger partial charge in [-0.3, -0.25) is 0 Å². The highest BCUT2D eigenvalue weighted by Gasteiger charge is 2.52. The first-order chi connectivity index (χ1) is 16.8. The van der Waals surface area contributed by atoms with Crippen molar-refractivity contribution in [1.82, 2.24) is 29.5 Å². The molecule has 2 aliphatic rings. The fourth-order valence-electron chi connectivity index (χ4n) is 6.03. The summed E-state index contributed by atoms with van der Waals surface area (Å²) in [6.45, 7) is 13.8. The van der Waals surface area contributed by atoms with Crippen LogP contribution in [0.5, 0.6) is 5.75 Å². The lowest BCUT2D eigenvalue weighted by Crippen LogP contribution is -2.72. The highest BCUT2D eigenvalue weighted by molar-refractivity contribution is 5.93. The molecule has 1 N–H and O–H groups in total. The van der Waals surface area contributed by atoms with Gasteiger partial charge in [0.1, 0.15) is 6.33 Å². The van der Waals surface area contributed by atoms with E-state index in [1.54, 1.807) is 17.8 Å². The number of rotatable bonds is 6. The highest BCUT2D eigenvalue weighted by Crippen LogP contribution is 2.45. The van der Waals surface area contributed by atoms with Crippen LogP contribution in [0.3, 0.4) is 0 Å². The lowest BCUT2D eigenvalue weighted by molar-refractivity contribution is -0.0285. The molecule has 2 fully saturated rings. The van der Waals surface area contributed by atoms with Gasteiger partial charge in [0, 0.05) is 55.3 Å². The number of nitrogens with one attached hydrogen (secondary N) is 1. The molecule has 4 aromatic heterocycles. The third-order valence-electron chi connectivity index (χ3n) is 7.32. The molecule has 0 aromatic carbocycles. The normalized spacial score (nSPS) is 17.7. The zero-order valence-electron chi connectivity index (χ0n) is 21.0. The van der Waals surface area contributed by atoms with Crippen molar-refractivity contribution in [2.45, 2.75) is 33.6 Å².